The van der Waals surface area contributed by atoms with Crippen molar-refractivity contribution in [1.29, 1.82) is 0 Å². The number of halogens is 1. The van der Waals surface area contributed by atoms with Crippen molar-refractivity contribution in [2.75, 3.05) is 39.0 Å². The molecule has 0 bridgehead atoms. The second-order valence-electron chi connectivity index (χ2n) is 12.3. The summed E-state index contributed by atoms with van der Waals surface area (Å²) in [6.45, 7) is 1.17. The first-order valence-corrected chi connectivity index (χ1v) is 19.0. The summed E-state index contributed by atoms with van der Waals surface area (Å²) in [6, 6.07) is 9.49. The van der Waals surface area contributed by atoms with Gasteiger partial charge in [0.2, 0.25) is 15.9 Å². The molecular weight excluding hydrogens is 636 g/mol. The maximum Gasteiger partial charge on any atom is 0.415 e. The molecule has 1 N–H and O–H groups in total. The molecule has 3 heterocycles. The maximum atomic E-state index is 14.5. The van der Waals surface area contributed by atoms with Crippen LogP contribution < -0.4 is 10.1 Å². The topological polar surface area (TPSA) is 116 Å². The second-order valence-corrected chi connectivity index (χ2v) is 15.7. The van der Waals surface area contributed by atoms with Crippen molar-refractivity contribution in [3.8, 4) is 5.75 Å². The molecule has 0 spiro atoms. The maximum absolute atomic E-state index is 14.5. The van der Waals surface area contributed by atoms with E-state index in [-0.39, 0.29) is 55.5 Å². The van der Waals surface area contributed by atoms with Crippen LogP contribution in [0, 0.1) is 5.92 Å². The molecule has 1 aromatic heterocycles. The lowest BCUT2D eigenvalue weighted by Gasteiger charge is -2.44. The number of carbonyl (C=O) groups is 3. The fourth-order valence-corrected chi connectivity index (χ4v) is 8.45. The molecule has 2 amide bonds. The molecule has 10 nitrogen and oxygen atoms in total. The number of ketones is 1. The summed E-state index contributed by atoms with van der Waals surface area (Å²) in [7, 11) is -3.31. The quantitative estimate of drug-likeness (QED) is 0.391. The molecule has 3 aliphatic rings. The van der Waals surface area contributed by atoms with E-state index in [0.29, 0.717) is 37.4 Å². The van der Waals surface area contributed by atoms with E-state index in [4.69, 9.17) is 16.3 Å². The largest absolute Gasteiger partial charge is 0.415 e. The van der Waals surface area contributed by atoms with Gasteiger partial charge in [-0.3, -0.25) is 9.59 Å². The summed E-state index contributed by atoms with van der Waals surface area (Å²) in [4.78, 5) is 45.8. The van der Waals surface area contributed by atoms with E-state index in [1.807, 2.05) is 17.5 Å². The van der Waals surface area contributed by atoms with Gasteiger partial charge in [0.25, 0.3) is 0 Å². The monoisotopic (exact) mass is 678 g/mol. The Kier molecular flexibility index (Phi) is 11.6. The summed E-state index contributed by atoms with van der Waals surface area (Å²) in [6.07, 6.45) is 7.87. The molecule has 2 aromatic rings. The Bertz CT molecular complexity index is 1420. The number of benzene rings is 1. The number of aryl methyl sites for hydroxylation is 1. The predicted molar refractivity (Wildman–Crippen MR) is 175 cm³/mol. The number of rotatable bonds is 10. The number of thiophene rings is 1. The molecule has 45 heavy (non-hydrogen) atoms. The Morgan fingerprint density at radius 3 is 2.40 bits per heavy atom. The van der Waals surface area contributed by atoms with Crippen molar-refractivity contribution >= 4 is 50.7 Å². The third kappa shape index (κ3) is 8.85. The standard InChI is InChI=1S/C32H43ClN4O6S2/c1-45(41,42)36-17-15-23(16-18-36)30(34-24-8-3-2-4-9-24)31(39)37-20-19-35(32(40)43-29-12-6-5-11-26(29)33)22-27(37)28(38)14-13-25-10-7-21-44-25/h5-7,10-12,21,23-24,27,30,34H,2-4,8-9,13-20,22H2,1H3/t27-,30+/m0/s1. The number of amides is 2. The molecule has 2 aliphatic heterocycles. The van der Waals surface area contributed by atoms with Crippen molar-refractivity contribution in [1.82, 2.24) is 19.4 Å². The Hall–Kier alpha value is -2.51. The molecule has 1 aliphatic carbocycles. The highest BCUT2D eigenvalue weighted by Gasteiger charge is 2.43. The molecule has 2 saturated heterocycles. The van der Waals surface area contributed by atoms with Gasteiger partial charge < -0.3 is 19.9 Å². The number of piperidine rings is 1. The third-order valence-electron chi connectivity index (χ3n) is 9.25. The molecule has 246 valence electrons. The number of piperazine rings is 1. The number of hydrogen-bond acceptors (Lipinski definition) is 8. The molecule has 1 saturated carbocycles. The van der Waals surface area contributed by atoms with Crippen LogP contribution in [-0.4, -0.2) is 97.4 Å². The van der Waals surface area contributed by atoms with Crippen LogP contribution in [0.2, 0.25) is 5.02 Å². The van der Waals surface area contributed by atoms with E-state index in [2.05, 4.69) is 5.32 Å². The van der Waals surface area contributed by atoms with Gasteiger partial charge in [-0.2, -0.15) is 0 Å². The number of para-hydroxylation sites is 1. The molecule has 0 radical (unpaired) electrons. The van der Waals surface area contributed by atoms with Crippen LogP contribution in [0.15, 0.2) is 41.8 Å². The predicted octanol–water partition coefficient (Wildman–Crippen LogP) is 4.58. The lowest BCUT2D eigenvalue weighted by molar-refractivity contribution is -0.146. The van der Waals surface area contributed by atoms with Gasteiger partial charge in [0.15, 0.2) is 11.5 Å². The van der Waals surface area contributed by atoms with Gasteiger partial charge in [0.1, 0.15) is 6.04 Å². The lowest BCUT2D eigenvalue weighted by atomic mass is 9.86. The smallest absolute Gasteiger partial charge is 0.409 e. The number of hydrogen-bond donors (Lipinski definition) is 1. The molecule has 3 fully saturated rings. The van der Waals surface area contributed by atoms with Crippen LogP contribution in [0.5, 0.6) is 5.75 Å². The van der Waals surface area contributed by atoms with Gasteiger partial charge in [-0.25, -0.2) is 17.5 Å². The summed E-state index contributed by atoms with van der Waals surface area (Å²) in [5, 5.41) is 5.95. The normalized spacial score (nSPS) is 21.4. The Morgan fingerprint density at radius 1 is 1.00 bits per heavy atom. The summed E-state index contributed by atoms with van der Waals surface area (Å²) >= 11 is 7.80. The van der Waals surface area contributed by atoms with Gasteiger partial charge in [0.05, 0.1) is 23.9 Å². The SMILES string of the molecule is CS(=O)(=O)N1CCC([C@@H](NC2CCCCC2)C(=O)N2CCN(C(=O)Oc3ccccc3Cl)C[C@H]2C(=O)CCc2cccs2)CC1. The summed E-state index contributed by atoms with van der Waals surface area (Å²) < 4.78 is 31.4. The molecule has 2 atom stereocenters. The summed E-state index contributed by atoms with van der Waals surface area (Å²) in [5.41, 5.74) is 0. The number of carbonyl (C=O) groups excluding carboxylic acids is 3. The zero-order valence-corrected chi connectivity index (χ0v) is 28.1. The second kappa shape index (κ2) is 15.4. The van der Waals surface area contributed by atoms with Crippen LogP contribution >= 0.6 is 22.9 Å². The van der Waals surface area contributed by atoms with Crippen molar-refractivity contribution < 1.29 is 27.5 Å². The van der Waals surface area contributed by atoms with Gasteiger partial charge >= 0.3 is 6.09 Å². The fourth-order valence-electron chi connectivity index (χ4n) is 6.69. The van der Waals surface area contributed by atoms with Gasteiger partial charge in [0, 0.05) is 43.5 Å². The minimum absolute atomic E-state index is 0.0287. The van der Waals surface area contributed by atoms with Gasteiger partial charge in [-0.05, 0) is 61.6 Å². The number of nitrogens with zero attached hydrogens (tertiary/aromatic N) is 3. The van der Waals surface area contributed by atoms with E-state index in [1.165, 1.54) is 21.9 Å². The van der Waals surface area contributed by atoms with E-state index >= 15 is 0 Å². The highest BCUT2D eigenvalue weighted by molar-refractivity contribution is 7.88. The van der Waals surface area contributed by atoms with Gasteiger partial charge in [-0.1, -0.05) is 49.1 Å². The highest BCUT2D eigenvalue weighted by atomic mass is 35.5. The van der Waals surface area contributed by atoms with Crippen LogP contribution in [0.4, 0.5) is 4.79 Å². The van der Waals surface area contributed by atoms with E-state index in [0.717, 1.165) is 30.6 Å². The Balaban J connectivity index is 1.35. The van der Waals surface area contributed by atoms with Crippen molar-refractivity contribution in [2.24, 2.45) is 5.92 Å². The minimum atomic E-state index is -3.31. The van der Waals surface area contributed by atoms with Crippen molar-refractivity contribution in [3.05, 3.63) is 51.7 Å². The molecule has 1 aromatic carbocycles. The lowest BCUT2D eigenvalue weighted by Crippen LogP contribution is -2.64. The third-order valence-corrected chi connectivity index (χ3v) is 11.8. The Labute approximate surface area is 275 Å². The van der Waals surface area contributed by atoms with Crippen LogP contribution in [-0.2, 0) is 26.0 Å². The molecule has 0 unspecified atom stereocenters. The average molecular weight is 679 g/mol. The zero-order valence-electron chi connectivity index (χ0n) is 25.7. The number of Topliss-reactive ketones (excluding diaryl/α,β-unsaturated/α-hetero) is 1. The van der Waals surface area contributed by atoms with E-state index in [9.17, 15) is 22.8 Å². The van der Waals surface area contributed by atoms with Crippen molar-refractivity contribution in [2.45, 2.75) is 75.9 Å². The van der Waals surface area contributed by atoms with Crippen molar-refractivity contribution in [3.63, 3.8) is 0 Å². The number of sulfonamides is 1. The van der Waals surface area contributed by atoms with E-state index in [1.54, 1.807) is 40.5 Å². The number of nitrogens with one attached hydrogen (secondary N) is 1. The fraction of sp³-hybridized carbons (Fsp3) is 0.594. The molecular formula is C32H43ClN4O6S2. The minimum Gasteiger partial charge on any atom is -0.409 e. The van der Waals surface area contributed by atoms with Crippen LogP contribution in [0.25, 0.3) is 0 Å². The highest BCUT2D eigenvalue weighted by Crippen LogP contribution is 2.29. The molecule has 13 heteroatoms. The first-order valence-electron chi connectivity index (χ1n) is 15.9. The zero-order chi connectivity index (χ0) is 32.0. The Morgan fingerprint density at radius 2 is 1.73 bits per heavy atom. The van der Waals surface area contributed by atoms with Crippen LogP contribution in [0.3, 0.4) is 0 Å². The average Bonchev–Trinajstić information content (AvgIpc) is 3.57. The van der Waals surface area contributed by atoms with Gasteiger partial charge in [-0.15, -0.1) is 11.3 Å². The first-order chi connectivity index (χ1) is 21.6. The number of ether oxygens (including phenoxy) is 1. The first kappa shape index (κ1) is 33.8. The van der Waals surface area contributed by atoms with Crippen LogP contribution in [0.1, 0.15) is 56.2 Å². The van der Waals surface area contributed by atoms with E-state index < -0.39 is 28.2 Å². The molecule has 5 rings (SSSR count). The summed E-state index contributed by atoms with van der Waals surface area (Å²) in [5.74, 6) is -0.0785.